The van der Waals surface area contributed by atoms with E-state index in [2.05, 4.69) is 15.3 Å². The molecule has 1 aromatic rings. The SMILES string of the molecule is O=C(NC1CCCCC1)[C@@H]1Cc2nc[nH]c2CN1C(=O)C1CC1. The van der Waals surface area contributed by atoms with Crippen LogP contribution in [0.5, 0.6) is 0 Å². The van der Waals surface area contributed by atoms with E-state index in [1.165, 1.54) is 19.3 Å². The molecule has 2 saturated carbocycles. The molecule has 0 saturated heterocycles. The number of hydrogen-bond acceptors (Lipinski definition) is 3. The Morgan fingerprint density at radius 1 is 1.17 bits per heavy atom. The Balaban J connectivity index is 1.50. The molecule has 6 heteroatoms. The monoisotopic (exact) mass is 316 g/mol. The number of amides is 2. The van der Waals surface area contributed by atoms with Crippen LogP contribution >= 0.6 is 0 Å². The van der Waals surface area contributed by atoms with Gasteiger partial charge in [-0.05, 0) is 25.7 Å². The van der Waals surface area contributed by atoms with Crippen molar-refractivity contribution in [1.82, 2.24) is 20.2 Å². The molecule has 2 fully saturated rings. The highest BCUT2D eigenvalue weighted by Gasteiger charge is 2.42. The van der Waals surface area contributed by atoms with Crippen LogP contribution in [0, 0.1) is 5.92 Å². The molecular weight excluding hydrogens is 292 g/mol. The fourth-order valence-corrected chi connectivity index (χ4v) is 3.81. The number of rotatable bonds is 3. The van der Waals surface area contributed by atoms with E-state index < -0.39 is 6.04 Å². The van der Waals surface area contributed by atoms with Gasteiger partial charge in [0, 0.05) is 18.4 Å². The predicted molar refractivity (Wildman–Crippen MR) is 84.4 cm³/mol. The zero-order valence-corrected chi connectivity index (χ0v) is 13.4. The summed E-state index contributed by atoms with van der Waals surface area (Å²) in [5, 5.41) is 3.18. The van der Waals surface area contributed by atoms with Gasteiger partial charge in [-0.15, -0.1) is 0 Å². The minimum Gasteiger partial charge on any atom is -0.352 e. The quantitative estimate of drug-likeness (QED) is 0.887. The first kappa shape index (κ1) is 14.7. The van der Waals surface area contributed by atoms with Crippen molar-refractivity contribution < 1.29 is 9.59 Å². The fourth-order valence-electron chi connectivity index (χ4n) is 3.81. The molecule has 0 radical (unpaired) electrons. The highest BCUT2D eigenvalue weighted by atomic mass is 16.2. The maximum absolute atomic E-state index is 12.8. The number of aromatic nitrogens is 2. The van der Waals surface area contributed by atoms with Gasteiger partial charge in [0.1, 0.15) is 6.04 Å². The average Bonchev–Trinajstić information content (AvgIpc) is 3.32. The third kappa shape index (κ3) is 2.99. The Hall–Kier alpha value is -1.85. The number of carbonyl (C=O) groups is 2. The number of carbonyl (C=O) groups excluding carboxylic acids is 2. The van der Waals surface area contributed by atoms with Crippen LogP contribution in [0.1, 0.15) is 56.3 Å². The largest absolute Gasteiger partial charge is 0.352 e. The molecule has 1 atom stereocenters. The average molecular weight is 316 g/mol. The minimum absolute atomic E-state index is 0.000417. The highest BCUT2D eigenvalue weighted by Crippen LogP contribution is 2.34. The molecule has 3 aliphatic rings. The molecule has 124 valence electrons. The summed E-state index contributed by atoms with van der Waals surface area (Å²) in [6.45, 7) is 0.480. The summed E-state index contributed by atoms with van der Waals surface area (Å²) in [6.07, 6.45) is 9.85. The molecule has 1 aliphatic heterocycles. The Labute approximate surface area is 136 Å². The van der Waals surface area contributed by atoms with Gasteiger partial charge < -0.3 is 15.2 Å². The molecule has 23 heavy (non-hydrogen) atoms. The fraction of sp³-hybridized carbons (Fsp3) is 0.706. The lowest BCUT2D eigenvalue weighted by Crippen LogP contribution is -2.55. The lowest BCUT2D eigenvalue weighted by molar-refractivity contribution is -0.143. The first-order chi connectivity index (χ1) is 11.2. The van der Waals surface area contributed by atoms with Crippen molar-refractivity contribution in [2.75, 3.05) is 0 Å². The second-order valence-electron chi connectivity index (χ2n) is 7.13. The van der Waals surface area contributed by atoms with Gasteiger partial charge in [0.15, 0.2) is 0 Å². The second kappa shape index (κ2) is 5.98. The van der Waals surface area contributed by atoms with E-state index in [4.69, 9.17) is 0 Å². The summed E-state index contributed by atoms with van der Waals surface area (Å²) < 4.78 is 0. The van der Waals surface area contributed by atoms with Crippen LogP contribution in [0.4, 0.5) is 0 Å². The Bertz CT molecular complexity index is 601. The molecule has 2 heterocycles. The topological polar surface area (TPSA) is 78.1 Å². The smallest absolute Gasteiger partial charge is 0.243 e. The molecule has 2 amide bonds. The molecule has 0 aromatic carbocycles. The number of nitrogens with one attached hydrogen (secondary N) is 2. The van der Waals surface area contributed by atoms with Gasteiger partial charge in [-0.2, -0.15) is 0 Å². The van der Waals surface area contributed by atoms with Crippen molar-refractivity contribution in [2.24, 2.45) is 5.92 Å². The van der Waals surface area contributed by atoms with E-state index in [0.29, 0.717) is 13.0 Å². The molecule has 6 nitrogen and oxygen atoms in total. The van der Waals surface area contributed by atoms with Gasteiger partial charge >= 0.3 is 0 Å². The maximum atomic E-state index is 12.8. The third-order valence-electron chi connectivity index (χ3n) is 5.36. The predicted octanol–water partition coefficient (Wildman–Crippen LogP) is 1.52. The van der Waals surface area contributed by atoms with Crippen molar-refractivity contribution in [3.05, 3.63) is 17.7 Å². The normalized spacial score (nSPS) is 25.0. The molecule has 4 rings (SSSR count). The van der Waals surface area contributed by atoms with Gasteiger partial charge in [0.05, 0.1) is 24.3 Å². The summed E-state index contributed by atoms with van der Waals surface area (Å²) >= 11 is 0. The molecule has 2 N–H and O–H groups in total. The highest BCUT2D eigenvalue weighted by molar-refractivity contribution is 5.90. The zero-order valence-electron chi connectivity index (χ0n) is 13.4. The molecule has 2 aliphatic carbocycles. The van der Waals surface area contributed by atoms with Gasteiger partial charge in [0.2, 0.25) is 11.8 Å². The van der Waals surface area contributed by atoms with E-state index in [9.17, 15) is 9.59 Å². The van der Waals surface area contributed by atoms with E-state index in [-0.39, 0.29) is 23.8 Å². The summed E-state index contributed by atoms with van der Waals surface area (Å²) in [5.41, 5.74) is 1.90. The third-order valence-corrected chi connectivity index (χ3v) is 5.36. The maximum Gasteiger partial charge on any atom is 0.243 e. The van der Waals surface area contributed by atoms with Crippen LogP contribution < -0.4 is 5.32 Å². The van der Waals surface area contributed by atoms with E-state index in [1.54, 1.807) is 11.2 Å². The number of nitrogens with zero attached hydrogens (tertiary/aromatic N) is 2. The van der Waals surface area contributed by atoms with Crippen LogP contribution in [0.15, 0.2) is 6.33 Å². The molecular formula is C17H24N4O2. The van der Waals surface area contributed by atoms with Gasteiger partial charge in [-0.25, -0.2) is 4.98 Å². The first-order valence-corrected chi connectivity index (χ1v) is 8.84. The van der Waals surface area contributed by atoms with Gasteiger partial charge in [-0.3, -0.25) is 9.59 Å². The van der Waals surface area contributed by atoms with Crippen LogP contribution in [0.3, 0.4) is 0 Å². The molecule has 0 unspecified atom stereocenters. The van der Waals surface area contributed by atoms with Crippen molar-refractivity contribution in [2.45, 2.75) is 70.0 Å². The second-order valence-corrected chi connectivity index (χ2v) is 7.13. The lowest BCUT2D eigenvalue weighted by Gasteiger charge is -2.35. The number of H-pyrrole nitrogens is 1. The minimum atomic E-state index is -0.402. The number of aromatic amines is 1. The van der Waals surface area contributed by atoms with Crippen molar-refractivity contribution in [3.8, 4) is 0 Å². The van der Waals surface area contributed by atoms with E-state index >= 15 is 0 Å². The van der Waals surface area contributed by atoms with Crippen molar-refractivity contribution >= 4 is 11.8 Å². The molecule has 0 spiro atoms. The molecule has 1 aromatic heterocycles. The van der Waals surface area contributed by atoms with E-state index in [1.807, 2.05) is 0 Å². The van der Waals surface area contributed by atoms with Crippen molar-refractivity contribution in [3.63, 3.8) is 0 Å². The summed E-state index contributed by atoms with van der Waals surface area (Å²) in [5.74, 6) is 0.262. The lowest BCUT2D eigenvalue weighted by atomic mass is 9.94. The van der Waals surface area contributed by atoms with Crippen molar-refractivity contribution in [1.29, 1.82) is 0 Å². The first-order valence-electron chi connectivity index (χ1n) is 8.84. The Morgan fingerprint density at radius 2 is 1.96 bits per heavy atom. The number of hydrogen-bond donors (Lipinski definition) is 2. The summed E-state index contributed by atoms with van der Waals surface area (Å²) in [4.78, 5) is 34.6. The van der Waals surface area contributed by atoms with Crippen LogP contribution in [-0.4, -0.2) is 38.8 Å². The van der Waals surface area contributed by atoms with Crippen LogP contribution in [0.2, 0.25) is 0 Å². The van der Waals surface area contributed by atoms with Crippen LogP contribution in [0.25, 0.3) is 0 Å². The number of fused-ring (bicyclic) bond motifs is 1. The van der Waals surface area contributed by atoms with Crippen LogP contribution in [-0.2, 0) is 22.6 Å². The Morgan fingerprint density at radius 3 is 2.70 bits per heavy atom. The standard InChI is InChI=1S/C17H24N4O2/c22-16(20-12-4-2-1-3-5-12)15-8-13-14(19-10-18-13)9-21(15)17(23)11-6-7-11/h10-12,15H,1-9H2,(H,18,19)(H,20,22)/t15-/m0/s1. The van der Waals surface area contributed by atoms with Gasteiger partial charge in [-0.1, -0.05) is 19.3 Å². The summed E-state index contributed by atoms with van der Waals surface area (Å²) in [6, 6.07) is -0.129. The number of imidazole rings is 1. The Kier molecular flexibility index (Phi) is 3.83. The molecule has 0 bridgehead atoms. The van der Waals surface area contributed by atoms with E-state index in [0.717, 1.165) is 37.1 Å². The van der Waals surface area contributed by atoms with Gasteiger partial charge in [0.25, 0.3) is 0 Å². The zero-order chi connectivity index (χ0) is 15.8. The summed E-state index contributed by atoms with van der Waals surface area (Å²) in [7, 11) is 0.